The number of rotatable bonds is 11. The molecule has 3 N–H and O–H groups in total. The lowest BCUT2D eigenvalue weighted by Crippen LogP contribution is -2.62. The van der Waals surface area contributed by atoms with Crippen LogP contribution in [0.25, 0.3) is 33.3 Å². The average Bonchev–Trinajstić information content (AvgIpc) is 4.47. The molecule has 77 heavy (non-hydrogen) atoms. The monoisotopic (exact) mass is 1050 g/mol. The molecule has 8 aliphatic rings. The van der Waals surface area contributed by atoms with Crippen molar-refractivity contribution in [2.75, 3.05) is 84.1 Å². The number of anilines is 1. The van der Waals surface area contributed by atoms with E-state index >= 15 is 9.59 Å². The van der Waals surface area contributed by atoms with Crippen LogP contribution in [-0.2, 0) is 48.0 Å². The first kappa shape index (κ1) is 52.3. The maximum atomic E-state index is 15.2. The number of ether oxygens (including phenoxy) is 2. The highest BCUT2D eigenvalue weighted by molar-refractivity contribution is 5.96. The van der Waals surface area contributed by atoms with Crippen LogP contribution in [-0.4, -0.2) is 162 Å². The topological polar surface area (TPSA) is 167 Å². The number of hydrogen-bond acceptors (Lipinski definition) is 12. The quantitative estimate of drug-likeness (QED) is 0.111. The molecule has 0 radical (unpaired) electrons. The van der Waals surface area contributed by atoms with Gasteiger partial charge in [0.2, 0.25) is 11.8 Å². The fourth-order valence-electron chi connectivity index (χ4n) is 14.3. The molecule has 7 fully saturated rings. The molecule has 2 saturated carbocycles. The van der Waals surface area contributed by atoms with E-state index in [4.69, 9.17) is 14.5 Å². The van der Waals surface area contributed by atoms with Crippen LogP contribution in [0.3, 0.4) is 0 Å². The number of carbonyl (C=O) groups is 4. The molecule has 16 nitrogen and oxygen atoms in total. The normalized spacial score (nSPS) is 27.3. The summed E-state index contributed by atoms with van der Waals surface area (Å²) in [6.07, 6.45) is 12.4. The number of likely N-dealkylation sites (tertiary alicyclic amines) is 2. The van der Waals surface area contributed by atoms with Crippen LogP contribution >= 0.6 is 0 Å². The van der Waals surface area contributed by atoms with Gasteiger partial charge in [-0.05, 0) is 125 Å². The second-order valence-electron chi connectivity index (χ2n) is 25.0. The summed E-state index contributed by atoms with van der Waals surface area (Å²) >= 11 is 0. The van der Waals surface area contributed by atoms with Gasteiger partial charge < -0.3 is 34.5 Å². The number of amides is 3. The maximum Gasteiger partial charge on any atom is 0.324 e. The van der Waals surface area contributed by atoms with E-state index in [1.807, 2.05) is 11.1 Å². The van der Waals surface area contributed by atoms with Gasteiger partial charge in [0.15, 0.2) is 0 Å². The van der Waals surface area contributed by atoms with Crippen molar-refractivity contribution in [3.05, 3.63) is 71.5 Å². The largest absolute Gasteiger partial charge is 0.464 e. The minimum atomic E-state index is -0.894. The lowest BCUT2D eigenvalue weighted by Gasteiger charge is -2.37. The zero-order valence-electron chi connectivity index (χ0n) is 46.3. The van der Waals surface area contributed by atoms with E-state index in [2.05, 4.69) is 112 Å². The number of cyclic esters (lactones) is 1. The van der Waals surface area contributed by atoms with Gasteiger partial charge in [-0.1, -0.05) is 57.0 Å². The summed E-state index contributed by atoms with van der Waals surface area (Å²) in [4.78, 5) is 72.5. The predicted octanol–water partition coefficient (Wildman–Crippen LogP) is 6.49. The minimum absolute atomic E-state index is 0.0301. The van der Waals surface area contributed by atoms with Crippen LogP contribution in [0.15, 0.2) is 54.7 Å². The molecule has 8 heterocycles. The number of hydrogen-bond donors (Lipinski definition) is 3. The zero-order chi connectivity index (χ0) is 53.2. The fraction of sp³-hybridized carbons (Fsp3) is 0.623. The molecule has 4 aromatic rings. The Labute approximate surface area is 454 Å². The Balaban J connectivity index is 0.900. The van der Waals surface area contributed by atoms with Crippen molar-refractivity contribution in [3.8, 4) is 22.4 Å². The third kappa shape index (κ3) is 10.7. The van der Waals surface area contributed by atoms with E-state index in [9.17, 15) is 9.59 Å². The Hall–Kier alpha value is -5.39. The first-order valence-electron chi connectivity index (χ1n) is 29.3. The van der Waals surface area contributed by atoms with Crippen LogP contribution < -0.4 is 21.0 Å². The summed E-state index contributed by atoms with van der Waals surface area (Å²) < 4.78 is 14.8. The number of nitrogens with zero attached hydrogens (tertiary/aromatic N) is 7. The molecule has 6 aliphatic heterocycles. The number of nitrogens with one attached hydrogen (secondary N) is 3. The van der Waals surface area contributed by atoms with Gasteiger partial charge in [-0.15, -0.1) is 0 Å². The predicted molar refractivity (Wildman–Crippen MR) is 298 cm³/mol. The molecule has 2 aromatic heterocycles. The number of hydrazine groups is 1. The van der Waals surface area contributed by atoms with Gasteiger partial charge in [0.1, 0.15) is 12.1 Å². The standard InChI is InChI=1S/C61H82N10O6/c1-6-70-52-19-16-43-31-46(52)48(55(70)47-32-45(34-63-53(47)39(2)76-5)67-27-25-66(26-28-67)44-17-18-44)33-60(3,4)38-77-59(75)49-15-10-22-71(65-49)58(74)50(30-40-11-9-14-42(43)29-40)64-56(72)54(41-12-7-8-13-41)68-23-20-61(36-68)21-24-69(37-61)57(73)51-35-62-51/h9,11,14,16,19,29,31-32,34,39,41,44,49-51,54,62,65H,6-8,10,12-13,15,17-18,20-28,30,33,35-38H2,1-5H3,(H,64,72)/t39-,49-,50-,51+,54?,61-/m0/s1. The van der Waals surface area contributed by atoms with E-state index < -0.39 is 17.5 Å². The van der Waals surface area contributed by atoms with Crippen LogP contribution in [0, 0.1) is 16.7 Å². The number of benzene rings is 2. The van der Waals surface area contributed by atoms with Gasteiger partial charge in [0, 0.05) is 112 Å². The van der Waals surface area contributed by atoms with Crippen molar-refractivity contribution in [1.82, 2.24) is 45.3 Å². The second-order valence-corrected chi connectivity index (χ2v) is 25.0. The number of pyridine rings is 1. The summed E-state index contributed by atoms with van der Waals surface area (Å²) in [5.41, 5.74) is 12.3. The summed E-state index contributed by atoms with van der Waals surface area (Å²) in [5.74, 6) is -0.370. The second kappa shape index (κ2) is 21.3. The van der Waals surface area contributed by atoms with E-state index in [-0.39, 0.29) is 66.2 Å². The number of esters is 1. The van der Waals surface area contributed by atoms with E-state index in [1.54, 1.807) is 12.1 Å². The molecule has 12 rings (SSSR count). The number of aryl methyl sites for hydroxylation is 1. The van der Waals surface area contributed by atoms with Gasteiger partial charge >= 0.3 is 5.97 Å². The smallest absolute Gasteiger partial charge is 0.324 e. The van der Waals surface area contributed by atoms with E-state index in [0.717, 1.165) is 160 Å². The van der Waals surface area contributed by atoms with Gasteiger partial charge in [-0.2, -0.15) is 0 Å². The van der Waals surface area contributed by atoms with Crippen LogP contribution in [0.5, 0.6) is 0 Å². The first-order valence-corrected chi connectivity index (χ1v) is 29.3. The molecule has 6 atom stereocenters. The third-order valence-corrected chi connectivity index (χ3v) is 18.9. The number of fused-ring (bicyclic) bond motifs is 6. The molecule has 412 valence electrons. The fourth-order valence-corrected chi connectivity index (χ4v) is 14.3. The summed E-state index contributed by atoms with van der Waals surface area (Å²) in [6.45, 7) is 17.8. The SMILES string of the molecule is CCn1c(-c2cc(N3CCN(C4CC4)CC3)cnc2[C@H](C)OC)c2c3cc(ccc31)-c1cccc(c1)C[C@H](NC(=O)C(C1CCCC1)N1CC[C@]3(CCN(C(=O)[C@H]4CN4)C3)C1)C(=O)N1CCC[C@H](N1)C(=O)OCC(C)(C)C2. The molecule has 3 amide bonds. The van der Waals surface area contributed by atoms with Crippen LogP contribution in [0.1, 0.15) is 115 Å². The number of methoxy groups -OCH3 is 1. The van der Waals surface area contributed by atoms with Crippen LogP contribution in [0.4, 0.5) is 5.69 Å². The highest BCUT2D eigenvalue weighted by Crippen LogP contribution is 2.45. The number of piperazine rings is 1. The average molecular weight is 1050 g/mol. The summed E-state index contributed by atoms with van der Waals surface area (Å²) in [5, 5.41) is 9.27. The lowest BCUT2D eigenvalue weighted by molar-refractivity contribution is -0.155. The van der Waals surface area contributed by atoms with Gasteiger partial charge in [0.05, 0.1) is 48.1 Å². The van der Waals surface area contributed by atoms with Crippen molar-refractivity contribution in [2.45, 2.75) is 148 Å². The Kier molecular flexibility index (Phi) is 14.5. The Morgan fingerprint density at radius 1 is 0.909 bits per heavy atom. The maximum absolute atomic E-state index is 15.2. The molecular formula is C61H82N10O6. The molecule has 1 spiro atoms. The zero-order valence-corrected chi connectivity index (χ0v) is 46.3. The Morgan fingerprint density at radius 2 is 1.69 bits per heavy atom. The highest BCUT2D eigenvalue weighted by Gasteiger charge is 2.50. The first-order chi connectivity index (χ1) is 37.3. The molecule has 2 aromatic carbocycles. The van der Waals surface area contributed by atoms with E-state index in [1.165, 1.54) is 18.4 Å². The van der Waals surface area contributed by atoms with Crippen molar-refractivity contribution in [3.63, 3.8) is 0 Å². The molecule has 6 bridgehead atoms. The molecule has 1 unspecified atom stereocenters. The van der Waals surface area contributed by atoms with Crippen molar-refractivity contribution >= 4 is 40.3 Å². The molecule has 16 heteroatoms. The van der Waals surface area contributed by atoms with Gasteiger partial charge in [0.25, 0.3) is 5.91 Å². The molecular weight excluding hydrogens is 969 g/mol. The Morgan fingerprint density at radius 3 is 2.44 bits per heavy atom. The van der Waals surface area contributed by atoms with Crippen LogP contribution in [0.2, 0.25) is 0 Å². The third-order valence-electron chi connectivity index (χ3n) is 18.9. The van der Waals surface area contributed by atoms with Crippen molar-refractivity contribution in [1.29, 1.82) is 0 Å². The van der Waals surface area contributed by atoms with Gasteiger partial charge in [-0.25, -0.2) is 5.43 Å². The highest BCUT2D eigenvalue weighted by atomic mass is 16.5. The summed E-state index contributed by atoms with van der Waals surface area (Å²) in [6, 6.07) is 16.3. The summed E-state index contributed by atoms with van der Waals surface area (Å²) in [7, 11) is 1.75. The van der Waals surface area contributed by atoms with Crippen molar-refractivity contribution in [2.24, 2.45) is 16.7 Å². The minimum Gasteiger partial charge on any atom is -0.464 e. The van der Waals surface area contributed by atoms with E-state index in [0.29, 0.717) is 25.8 Å². The molecule has 2 aliphatic carbocycles. The molecule has 5 saturated heterocycles. The lowest BCUT2D eigenvalue weighted by atomic mass is 9.84. The Bertz CT molecular complexity index is 2880. The number of aromatic nitrogens is 2. The number of carbonyl (C=O) groups excluding carboxylic acids is 4. The van der Waals surface area contributed by atoms with Crippen molar-refractivity contribution < 1.29 is 28.7 Å². The van der Waals surface area contributed by atoms with Gasteiger partial charge in [-0.3, -0.25) is 39.0 Å².